The molecule has 0 saturated carbocycles. The highest BCUT2D eigenvalue weighted by Gasteiger charge is 2.06. The molecule has 0 saturated heterocycles. The predicted octanol–water partition coefficient (Wildman–Crippen LogP) is 1.43. The molecule has 2 rings (SSSR count). The van der Waals surface area contributed by atoms with E-state index in [1.807, 2.05) is 12.1 Å². The molecule has 0 amide bonds. The molecule has 3 N–H and O–H groups in total. The zero-order chi connectivity index (χ0) is 10.7. The monoisotopic (exact) mass is 204 g/mol. The fraction of sp³-hybridized carbons (Fsp3) is 0.182. The SMILES string of the molecule is NCc1cnc(Cc2ccccc2O)o1. The first-order valence-corrected chi connectivity index (χ1v) is 4.70. The second-order valence-corrected chi connectivity index (χ2v) is 3.23. The number of oxazole rings is 1. The van der Waals surface area contributed by atoms with Gasteiger partial charge >= 0.3 is 0 Å². The van der Waals surface area contributed by atoms with E-state index in [1.165, 1.54) is 0 Å². The van der Waals surface area contributed by atoms with Crippen LogP contribution in [-0.2, 0) is 13.0 Å². The summed E-state index contributed by atoms with van der Waals surface area (Å²) in [7, 11) is 0. The highest BCUT2D eigenvalue weighted by molar-refractivity contribution is 5.33. The van der Waals surface area contributed by atoms with Gasteiger partial charge in [0.05, 0.1) is 19.2 Å². The van der Waals surface area contributed by atoms with Gasteiger partial charge in [0.1, 0.15) is 11.5 Å². The van der Waals surface area contributed by atoms with Crippen LogP contribution in [0.25, 0.3) is 0 Å². The molecule has 1 aromatic heterocycles. The zero-order valence-electron chi connectivity index (χ0n) is 8.18. The van der Waals surface area contributed by atoms with Crippen molar-refractivity contribution < 1.29 is 9.52 Å². The van der Waals surface area contributed by atoms with E-state index >= 15 is 0 Å². The summed E-state index contributed by atoms with van der Waals surface area (Å²) in [6.45, 7) is 0.341. The minimum Gasteiger partial charge on any atom is -0.508 e. The summed E-state index contributed by atoms with van der Waals surface area (Å²) in [6.07, 6.45) is 2.09. The van der Waals surface area contributed by atoms with E-state index in [1.54, 1.807) is 18.3 Å². The predicted molar refractivity (Wildman–Crippen MR) is 55.3 cm³/mol. The molecule has 0 aliphatic rings. The molecule has 0 radical (unpaired) electrons. The normalized spacial score (nSPS) is 10.5. The van der Waals surface area contributed by atoms with Crippen molar-refractivity contribution in [2.45, 2.75) is 13.0 Å². The van der Waals surface area contributed by atoms with Crippen LogP contribution in [0.5, 0.6) is 5.75 Å². The third-order valence-corrected chi connectivity index (χ3v) is 2.14. The van der Waals surface area contributed by atoms with Crippen LogP contribution in [0.15, 0.2) is 34.9 Å². The number of benzene rings is 1. The van der Waals surface area contributed by atoms with Crippen molar-refractivity contribution in [3.8, 4) is 5.75 Å². The second-order valence-electron chi connectivity index (χ2n) is 3.23. The Labute approximate surface area is 87.4 Å². The van der Waals surface area contributed by atoms with Crippen molar-refractivity contribution in [2.75, 3.05) is 0 Å². The van der Waals surface area contributed by atoms with E-state index in [2.05, 4.69) is 4.98 Å². The van der Waals surface area contributed by atoms with Crippen molar-refractivity contribution in [2.24, 2.45) is 5.73 Å². The Balaban J connectivity index is 2.18. The van der Waals surface area contributed by atoms with Crippen LogP contribution in [0.1, 0.15) is 17.2 Å². The average molecular weight is 204 g/mol. The summed E-state index contributed by atoms with van der Waals surface area (Å²) < 4.78 is 5.34. The fourth-order valence-electron chi connectivity index (χ4n) is 1.35. The van der Waals surface area contributed by atoms with Gasteiger partial charge in [0, 0.05) is 5.56 Å². The largest absolute Gasteiger partial charge is 0.508 e. The lowest BCUT2D eigenvalue weighted by molar-refractivity contribution is 0.449. The third kappa shape index (κ3) is 2.16. The molecule has 2 aromatic rings. The molecule has 0 bridgehead atoms. The number of phenolic OH excluding ortho intramolecular Hbond substituents is 1. The number of rotatable bonds is 3. The van der Waals surface area contributed by atoms with Crippen molar-refractivity contribution in [3.05, 3.63) is 47.7 Å². The smallest absolute Gasteiger partial charge is 0.198 e. The Bertz CT molecular complexity index is 451. The van der Waals surface area contributed by atoms with Crippen LogP contribution in [0.3, 0.4) is 0 Å². The van der Waals surface area contributed by atoms with Gasteiger partial charge in [-0.05, 0) is 6.07 Å². The van der Waals surface area contributed by atoms with Gasteiger partial charge in [-0.25, -0.2) is 4.98 Å². The molecular weight excluding hydrogens is 192 g/mol. The van der Waals surface area contributed by atoms with Crippen molar-refractivity contribution in [3.63, 3.8) is 0 Å². The minimum absolute atomic E-state index is 0.255. The van der Waals surface area contributed by atoms with Crippen molar-refractivity contribution in [1.29, 1.82) is 0 Å². The first-order chi connectivity index (χ1) is 7.29. The topological polar surface area (TPSA) is 72.3 Å². The Morgan fingerprint density at radius 2 is 2.13 bits per heavy atom. The van der Waals surface area contributed by atoms with Crippen LogP contribution >= 0.6 is 0 Å². The Kier molecular flexibility index (Phi) is 2.69. The average Bonchev–Trinajstić information content (AvgIpc) is 2.69. The molecule has 0 atom stereocenters. The highest BCUT2D eigenvalue weighted by Crippen LogP contribution is 2.19. The van der Waals surface area contributed by atoms with E-state index < -0.39 is 0 Å². The van der Waals surface area contributed by atoms with E-state index in [-0.39, 0.29) is 5.75 Å². The molecule has 78 valence electrons. The fourth-order valence-corrected chi connectivity index (χ4v) is 1.35. The first-order valence-electron chi connectivity index (χ1n) is 4.70. The van der Waals surface area contributed by atoms with Gasteiger partial charge in [0.15, 0.2) is 5.89 Å². The van der Waals surface area contributed by atoms with Crippen LogP contribution in [0.2, 0.25) is 0 Å². The maximum atomic E-state index is 9.54. The molecule has 0 unspecified atom stereocenters. The van der Waals surface area contributed by atoms with E-state index in [0.29, 0.717) is 24.6 Å². The molecule has 0 spiro atoms. The van der Waals surface area contributed by atoms with Gasteiger partial charge in [0.25, 0.3) is 0 Å². The molecule has 4 heteroatoms. The maximum absolute atomic E-state index is 9.54. The van der Waals surface area contributed by atoms with E-state index in [0.717, 1.165) is 5.56 Å². The summed E-state index contributed by atoms with van der Waals surface area (Å²) in [5.74, 6) is 1.47. The molecule has 15 heavy (non-hydrogen) atoms. The lowest BCUT2D eigenvalue weighted by Crippen LogP contribution is -1.93. The van der Waals surface area contributed by atoms with Gasteiger partial charge in [-0.3, -0.25) is 0 Å². The molecule has 0 aliphatic heterocycles. The quantitative estimate of drug-likeness (QED) is 0.793. The number of aromatic nitrogens is 1. The van der Waals surface area contributed by atoms with Crippen molar-refractivity contribution >= 4 is 0 Å². The lowest BCUT2D eigenvalue weighted by Gasteiger charge is -2.00. The van der Waals surface area contributed by atoms with Gasteiger partial charge in [-0.1, -0.05) is 18.2 Å². The Morgan fingerprint density at radius 3 is 2.80 bits per heavy atom. The number of para-hydroxylation sites is 1. The van der Waals surface area contributed by atoms with Crippen LogP contribution < -0.4 is 5.73 Å². The molecule has 0 aliphatic carbocycles. The summed E-state index contributed by atoms with van der Waals surface area (Å²) in [4.78, 5) is 4.07. The number of hydrogen-bond acceptors (Lipinski definition) is 4. The molecular formula is C11H12N2O2. The van der Waals surface area contributed by atoms with Crippen LogP contribution in [0.4, 0.5) is 0 Å². The number of nitrogens with zero attached hydrogens (tertiary/aromatic N) is 1. The van der Waals surface area contributed by atoms with Crippen molar-refractivity contribution in [1.82, 2.24) is 4.98 Å². The van der Waals surface area contributed by atoms with Gasteiger partial charge in [0.2, 0.25) is 0 Å². The number of phenols is 1. The number of aromatic hydroxyl groups is 1. The van der Waals surface area contributed by atoms with Crippen LogP contribution in [-0.4, -0.2) is 10.1 Å². The summed E-state index contributed by atoms with van der Waals surface area (Å²) in [5.41, 5.74) is 6.20. The number of hydrogen-bond donors (Lipinski definition) is 2. The molecule has 4 nitrogen and oxygen atoms in total. The maximum Gasteiger partial charge on any atom is 0.198 e. The standard InChI is InChI=1S/C11H12N2O2/c12-6-9-7-13-11(15-9)5-8-3-1-2-4-10(8)14/h1-4,7,14H,5-6,12H2. The Hall–Kier alpha value is -1.81. The summed E-state index contributed by atoms with van der Waals surface area (Å²) >= 11 is 0. The van der Waals surface area contributed by atoms with E-state index in [4.69, 9.17) is 10.2 Å². The zero-order valence-corrected chi connectivity index (χ0v) is 8.18. The minimum atomic E-state index is 0.255. The molecule has 1 heterocycles. The van der Waals surface area contributed by atoms with Gasteiger partial charge in [-0.2, -0.15) is 0 Å². The third-order valence-electron chi connectivity index (χ3n) is 2.14. The number of nitrogens with two attached hydrogens (primary N) is 1. The lowest BCUT2D eigenvalue weighted by atomic mass is 10.1. The van der Waals surface area contributed by atoms with E-state index in [9.17, 15) is 5.11 Å². The Morgan fingerprint density at radius 1 is 1.33 bits per heavy atom. The summed E-state index contributed by atoms with van der Waals surface area (Å²) in [6, 6.07) is 7.12. The van der Waals surface area contributed by atoms with Gasteiger partial charge < -0.3 is 15.3 Å². The van der Waals surface area contributed by atoms with Crippen LogP contribution in [0, 0.1) is 0 Å². The highest BCUT2D eigenvalue weighted by atomic mass is 16.4. The second kappa shape index (κ2) is 4.14. The first kappa shape index (κ1) is 9.73. The molecule has 1 aromatic carbocycles. The van der Waals surface area contributed by atoms with Gasteiger partial charge in [-0.15, -0.1) is 0 Å². The molecule has 0 fully saturated rings. The summed E-state index contributed by atoms with van der Waals surface area (Å²) in [5, 5.41) is 9.54.